The van der Waals surface area contributed by atoms with Gasteiger partial charge in [-0.15, -0.1) is 0 Å². The van der Waals surface area contributed by atoms with E-state index in [1.807, 2.05) is 18.2 Å². The van der Waals surface area contributed by atoms with Crippen molar-refractivity contribution in [3.63, 3.8) is 0 Å². The predicted octanol–water partition coefficient (Wildman–Crippen LogP) is 4.38. The van der Waals surface area contributed by atoms with E-state index in [0.717, 1.165) is 50.2 Å². The first kappa shape index (κ1) is 21.8. The van der Waals surface area contributed by atoms with Crippen molar-refractivity contribution in [2.45, 2.75) is 52.5 Å². The van der Waals surface area contributed by atoms with E-state index >= 15 is 0 Å². The number of hydrogen-bond donors (Lipinski definition) is 2. The molecular formula is C24H32N4O2. The average molecular weight is 409 g/mol. The number of anilines is 2. The van der Waals surface area contributed by atoms with Crippen LogP contribution in [0.5, 0.6) is 0 Å². The van der Waals surface area contributed by atoms with Gasteiger partial charge in [0.2, 0.25) is 5.91 Å². The molecule has 0 bridgehead atoms. The molecule has 1 aliphatic carbocycles. The Kier molecular flexibility index (Phi) is 7.82. The van der Waals surface area contributed by atoms with Crippen molar-refractivity contribution in [1.82, 2.24) is 10.3 Å². The molecule has 0 saturated heterocycles. The molecule has 1 fully saturated rings. The number of hydrogen-bond acceptors (Lipinski definition) is 4. The average Bonchev–Trinajstić information content (AvgIpc) is 2.80. The van der Waals surface area contributed by atoms with Gasteiger partial charge in [0.25, 0.3) is 5.91 Å². The molecule has 1 heterocycles. The number of carbonyl (C=O) groups excluding carboxylic acids is 2. The van der Waals surface area contributed by atoms with Crippen LogP contribution in [0.1, 0.15) is 61.9 Å². The lowest BCUT2D eigenvalue weighted by Gasteiger charge is -2.20. The highest BCUT2D eigenvalue weighted by Crippen LogP contribution is 2.25. The quantitative estimate of drug-likeness (QED) is 0.680. The molecular weight excluding hydrogens is 376 g/mol. The van der Waals surface area contributed by atoms with E-state index in [9.17, 15) is 9.59 Å². The van der Waals surface area contributed by atoms with Crippen molar-refractivity contribution in [2.24, 2.45) is 5.92 Å². The molecule has 2 N–H and O–H groups in total. The lowest BCUT2D eigenvalue weighted by atomic mass is 9.88. The minimum absolute atomic E-state index is 0.0617. The highest BCUT2D eigenvalue weighted by atomic mass is 16.2. The van der Waals surface area contributed by atoms with Crippen LogP contribution in [-0.4, -0.2) is 29.9 Å². The van der Waals surface area contributed by atoms with Crippen molar-refractivity contribution in [3.8, 4) is 0 Å². The van der Waals surface area contributed by atoms with Gasteiger partial charge in [-0.25, -0.2) is 4.98 Å². The Labute approximate surface area is 179 Å². The second kappa shape index (κ2) is 10.8. The molecule has 1 saturated carbocycles. The highest BCUT2D eigenvalue weighted by Gasteiger charge is 2.21. The number of pyridine rings is 1. The van der Waals surface area contributed by atoms with Crippen LogP contribution >= 0.6 is 0 Å². The third kappa shape index (κ3) is 5.81. The van der Waals surface area contributed by atoms with Crippen molar-refractivity contribution in [2.75, 3.05) is 23.3 Å². The highest BCUT2D eigenvalue weighted by molar-refractivity contribution is 5.97. The van der Waals surface area contributed by atoms with Crippen molar-refractivity contribution >= 4 is 23.3 Å². The van der Waals surface area contributed by atoms with Crippen LogP contribution in [0, 0.1) is 5.92 Å². The van der Waals surface area contributed by atoms with E-state index in [-0.39, 0.29) is 17.7 Å². The number of carbonyl (C=O) groups is 2. The zero-order valence-electron chi connectivity index (χ0n) is 18.0. The van der Waals surface area contributed by atoms with Gasteiger partial charge in [0.05, 0.1) is 0 Å². The van der Waals surface area contributed by atoms with Crippen LogP contribution in [0.2, 0.25) is 0 Å². The number of amides is 2. The van der Waals surface area contributed by atoms with Gasteiger partial charge >= 0.3 is 0 Å². The molecule has 3 rings (SSSR count). The van der Waals surface area contributed by atoms with Crippen LogP contribution in [0.15, 0.2) is 42.6 Å². The van der Waals surface area contributed by atoms with Crippen LogP contribution in [0.3, 0.4) is 0 Å². The summed E-state index contributed by atoms with van der Waals surface area (Å²) < 4.78 is 0. The predicted molar refractivity (Wildman–Crippen MR) is 121 cm³/mol. The number of nitrogens with one attached hydrogen (secondary N) is 2. The van der Waals surface area contributed by atoms with Crippen molar-refractivity contribution < 1.29 is 9.59 Å². The van der Waals surface area contributed by atoms with E-state index in [2.05, 4.69) is 34.4 Å². The standard InChI is InChI=1S/C24H32N4O2/c1-3-28(4-2)22-14-13-18(16-25-22)17-26-23(29)20-11-8-12-21(15-20)27-24(30)19-9-6-5-7-10-19/h8,11-16,19H,3-7,9-10,17H2,1-2H3,(H,26,29)(H,27,30). The summed E-state index contributed by atoms with van der Waals surface area (Å²) in [6, 6.07) is 11.1. The largest absolute Gasteiger partial charge is 0.357 e. The van der Waals surface area contributed by atoms with Crippen LogP contribution in [0.25, 0.3) is 0 Å². The van der Waals surface area contributed by atoms with E-state index < -0.39 is 0 Å². The van der Waals surface area contributed by atoms with Gasteiger partial charge < -0.3 is 15.5 Å². The summed E-state index contributed by atoms with van der Waals surface area (Å²) in [5.41, 5.74) is 2.15. The third-order valence-electron chi connectivity index (χ3n) is 5.72. The lowest BCUT2D eigenvalue weighted by molar-refractivity contribution is -0.120. The molecule has 0 atom stereocenters. The monoisotopic (exact) mass is 408 g/mol. The summed E-state index contributed by atoms with van der Waals surface area (Å²) in [6.45, 7) is 6.43. The summed E-state index contributed by atoms with van der Waals surface area (Å²) in [5.74, 6) is 0.919. The molecule has 1 aromatic heterocycles. The fourth-order valence-corrected chi connectivity index (χ4v) is 3.89. The minimum atomic E-state index is -0.170. The molecule has 0 aliphatic heterocycles. The molecule has 0 radical (unpaired) electrons. The molecule has 6 heteroatoms. The molecule has 1 aromatic carbocycles. The minimum Gasteiger partial charge on any atom is -0.357 e. The summed E-state index contributed by atoms with van der Waals surface area (Å²) in [6.07, 6.45) is 7.15. The molecule has 2 aromatic rings. The van der Waals surface area contributed by atoms with Crippen LogP contribution in [0.4, 0.5) is 11.5 Å². The van der Waals surface area contributed by atoms with Gasteiger partial charge in [-0.2, -0.15) is 0 Å². The van der Waals surface area contributed by atoms with Gasteiger partial charge in [-0.1, -0.05) is 31.4 Å². The Morgan fingerprint density at radius 3 is 2.50 bits per heavy atom. The first-order valence-electron chi connectivity index (χ1n) is 11.0. The molecule has 160 valence electrons. The molecule has 30 heavy (non-hydrogen) atoms. The fourth-order valence-electron chi connectivity index (χ4n) is 3.89. The Hall–Kier alpha value is -2.89. The lowest BCUT2D eigenvalue weighted by Crippen LogP contribution is -2.26. The van der Waals surface area contributed by atoms with E-state index in [1.165, 1.54) is 6.42 Å². The van der Waals surface area contributed by atoms with E-state index in [1.54, 1.807) is 24.4 Å². The first-order chi connectivity index (χ1) is 14.6. The van der Waals surface area contributed by atoms with Crippen molar-refractivity contribution in [3.05, 3.63) is 53.7 Å². The maximum absolute atomic E-state index is 12.6. The van der Waals surface area contributed by atoms with Gasteiger partial charge in [0, 0.05) is 43.0 Å². The second-order valence-electron chi connectivity index (χ2n) is 7.78. The van der Waals surface area contributed by atoms with Gasteiger partial charge in [0.15, 0.2) is 0 Å². The van der Waals surface area contributed by atoms with Gasteiger partial charge in [0.1, 0.15) is 5.82 Å². The number of aromatic nitrogens is 1. The third-order valence-corrected chi connectivity index (χ3v) is 5.72. The molecule has 2 amide bonds. The second-order valence-corrected chi connectivity index (χ2v) is 7.78. The number of nitrogens with zero attached hydrogens (tertiary/aromatic N) is 2. The summed E-state index contributed by atoms with van der Waals surface area (Å²) in [4.78, 5) is 31.7. The van der Waals surface area contributed by atoms with E-state index in [0.29, 0.717) is 17.8 Å². The number of rotatable bonds is 8. The first-order valence-corrected chi connectivity index (χ1v) is 11.0. The van der Waals surface area contributed by atoms with Crippen LogP contribution < -0.4 is 15.5 Å². The molecule has 0 unspecified atom stereocenters. The van der Waals surface area contributed by atoms with Crippen LogP contribution in [-0.2, 0) is 11.3 Å². The van der Waals surface area contributed by atoms with Crippen molar-refractivity contribution in [1.29, 1.82) is 0 Å². The Bertz CT molecular complexity index is 841. The Balaban J connectivity index is 1.55. The molecule has 1 aliphatic rings. The molecule has 6 nitrogen and oxygen atoms in total. The van der Waals surface area contributed by atoms with Gasteiger partial charge in [-0.3, -0.25) is 9.59 Å². The SMILES string of the molecule is CCN(CC)c1ccc(CNC(=O)c2cccc(NC(=O)C3CCCCC3)c2)cn1. The smallest absolute Gasteiger partial charge is 0.251 e. The maximum Gasteiger partial charge on any atom is 0.251 e. The zero-order chi connectivity index (χ0) is 21.3. The maximum atomic E-state index is 12.6. The normalized spacial score (nSPS) is 14.2. The Morgan fingerprint density at radius 1 is 1.07 bits per heavy atom. The summed E-state index contributed by atoms with van der Waals surface area (Å²) >= 11 is 0. The Morgan fingerprint density at radius 2 is 1.83 bits per heavy atom. The zero-order valence-corrected chi connectivity index (χ0v) is 18.0. The molecule has 0 spiro atoms. The fraction of sp³-hybridized carbons (Fsp3) is 0.458. The van der Waals surface area contributed by atoms with Gasteiger partial charge in [-0.05, 0) is 56.5 Å². The number of benzene rings is 1. The summed E-state index contributed by atoms with van der Waals surface area (Å²) in [5, 5.41) is 5.91. The summed E-state index contributed by atoms with van der Waals surface area (Å²) in [7, 11) is 0. The van der Waals surface area contributed by atoms with E-state index in [4.69, 9.17) is 0 Å². The topological polar surface area (TPSA) is 74.3 Å².